The van der Waals surface area contributed by atoms with Gasteiger partial charge in [0.05, 0.1) is 5.92 Å². The lowest BCUT2D eigenvalue weighted by Gasteiger charge is -2.20. The zero-order valence-electron chi connectivity index (χ0n) is 12.5. The van der Waals surface area contributed by atoms with E-state index in [0.717, 1.165) is 31.1 Å². The van der Waals surface area contributed by atoms with Gasteiger partial charge in [0.2, 0.25) is 5.89 Å². The second-order valence-corrected chi connectivity index (χ2v) is 5.07. The summed E-state index contributed by atoms with van der Waals surface area (Å²) >= 11 is 0. The largest absolute Gasteiger partial charge is 0.339 e. The Kier molecular flexibility index (Phi) is 5.30. The molecule has 2 atom stereocenters. The molecule has 0 amide bonds. The van der Waals surface area contributed by atoms with Gasteiger partial charge in [-0.3, -0.25) is 0 Å². The summed E-state index contributed by atoms with van der Waals surface area (Å²) in [7, 11) is 0. The molecule has 0 saturated carbocycles. The predicted molar refractivity (Wildman–Crippen MR) is 79.7 cm³/mol. The normalized spacial score (nSPS) is 14.2. The van der Waals surface area contributed by atoms with E-state index in [1.165, 1.54) is 5.56 Å². The minimum atomic E-state index is 0.233. The van der Waals surface area contributed by atoms with Crippen molar-refractivity contribution in [1.29, 1.82) is 0 Å². The topological polar surface area (TPSA) is 51.0 Å². The van der Waals surface area contributed by atoms with Gasteiger partial charge in [-0.2, -0.15) is 4.98 Å². The van der Waals surface area contributed by atoms with Gasteiger partial charge >= 0.3 is 0 Å². The lowest BCUT2D eigenvalue weighted by Crippen LogP contribution is -2.33. The number of hydrogen-bond donors (Lipinski definition) is 1. The first-order valence-electron chi connectivity index (χ1n) is 7.34. The van der Waals surface area contributed by atoms with Crippen molar-refractivity contribution in [1.82, 2.24) is 15.5 Å². The molecule has 0 aliphatic rings. The molecule has 108 valence electrons. The molecule has 20 heavy (non-hydrogen) atoms. The molecule has 0 aliphatic heterocycles. The summed E-state index contributed by atoms with van der Waals surface area (Å²) in [5.41, 5.74) is 1.20. The van der Waals surface area contributed by atoms with Crippen molar-refractivity contribution in [2.75, 3.05) is 6.54 Å². The first-order chi connectivity index (χ1) is 9.74. The highest BCUT2D eigenvalue weighted by Gasteiger charge is 2.22. The Morgan fingerprint density at radius 3 is 2.60 bits per heavy atom. The molecule has 0 fully saturated rings. The molecule has 2 aromatic rings. The van der Waals surface area contributed by atoms with Crippen LogP contribution in [0.3, 0.4) is 0 Å². The Balaban J connectivity index is 2.04. The van der Waals surface area contributed by atoms with Crippen molar-refractivity contribution in [3.8, 4) is 0 Å². The first-order valence-corrected chi connectivity index (χ1v) is 7.34. The van der Waals surface area contributed by atoms with Crippen molar-refractivity contribution < 1.29 is 4.52 Å². The second kappa shape index (κ2) is 7.20. The quantitative estimate of drug-likeness (QED) is 0.842. The van der Waals surface area contributed by atoms with E-state index in [4.69, 9.17) is 4.52 Å². The van der Waals surface area contributed by atoms with E-state index in [-0.39, 0.29) is 5.92 Å². The standard InChI is InChI=1S/C16H23N3O/c1-4-14(17-5-2)12(3)16-18-15(19-20-16)11-13-9-7-6-8-10-13/h6-10,12,14,17H,4-5,11H2,1-3H3. The highest BCUT2D eigenvalue weighted by Crippen LogP contribution is 2.20. The SMILES string of the molecule is CCNC(CC)C(C)c1nc(Cc2ccccc2)no1. The Labute approximate surface area is 120 Å². The average molecular weight is 273 g/mol. The molecule has 0 saturated heterocycles. The van der Waals surface area contributed by atoms with E-state index in [1.807, 2.05) is 18.2 Å². The number of nitrogens with zero attached hydrogens (tertiary/aromatic N) is 2. The van der Waals surface area contributed by atoms with Crippen LogP contribution < -0.4 is 5.32 Å². The van der Waals surface area contributed by atoms with Crippen molar-refractivity contribution in [3.05, 3.63) is 47.6 Å². The highest BCUT2D eigenvalue weighted by atomic mass is 16.5. The van der Waals surface area contributed by atoms with Gasteiger partial charge in [0.15, 0.2) is 5.82 Å². The van der Waals surface area contributed by atoms with Gasteiger partial charge in [-0.1, -0.05) is 56.3 Å². The molecule has 0 aliphatic carbocycles. The van der Waals surface area contributed by atoms with E-state index in [0.29, 0.717) is 6.04 Å². The molecule has 1 aromatic heterocycles. The second-order valence-electron chi connectivity index (χ2n) is 5.07. The highest BCUT2D eigenvalue weighted by molar-refractivity contribution is 5.18. The molecular formula is C16H23N3O. The zero-order chi connectivity index (χ0) is 14.4. The van der Waals surface area contributed by atoms with E-state index in [1.54, 1.807) is 0 Å². The van der Waals surface area contributed by atoms with Crippen molar-refractivity contribution in [2.45, 2.75) is 45.6 Å². The van der Waals surface area contributed by atoms with Crippen LogP contribution >= 0.6 is 0 Å². The van der Waals surface area contributed by atoms with Gasteiger partial charge in [0, 0.05) is 12.5 Å². The van der Waals surface area contributed by atoms with Crippen LogP contribution in [0.1, 0.15) is 50.4 Å². The maximum absolute atomic E-state index is 5.43. The third-order valence-corrected chi connectivity index (χ3v) is 3.59. The maximum atomic E-state index is 5.43. The van der Waals surface area contributed by atoms with Crippen LogP contribution in [0.5, 0.6) is 0 Å². The maximum Gasteiger partial charge on any atom is 0.231 e. The molecule has 4 heteroatoms. The molecule has 1 N–H and O–H groups in total. The average Bonchev–Trinajstić information content (AvgIpc) is 2.93. The summed E-state index contributed by atoms with van der Waals surface area (Å²) in [6.45, 7) is 7.37. The van der Waals surface area contributed by atoms with Crippen LogP contribution in [0.4, 0.5) is 0 Å². The molecule has 0 bridgehead atoms. The van der Waals surface area contributed by atoms with Gasteiger partial charge in [-0.05, 0) is 18.5 Å². The molecular weight excluding hydrogens is 250 g/mol. The Morgan fingerprint density at radius 2 is 1.95 bits per heavy atom. The number of benzene rings is 1. The van der Waals surface area contributed by atoms with Crippen molar-refractivity contribution in [2.24, 2.45) is 0 Å². The fourth-order valence-corrected chi connectivity index (χ4v) is 2.41. The summed E-state index contributed by atoms with van der Waals surface area (Å²) in [5.74, 6) is 1.71. The summed E-state index contributed by atoms with van der Waals surface area (Å²) in [6, 6.07) is 10.6. The summed E-state index contributed by atoms with van der Waals surface area (Å²) in [6.07, 6.45) is 1.76. The van der Waals surface area contributed by atoms with Crippen LogP contribution in [0.15, 0.2) is 34.9 Å². The minimum absolute atomic E-state index is 0.233. The van der Waals surface area contributed by atoms with Gasteiger partial charge in [-0.25, -0.2) is 0 Å². The number of aromatic nitrogens is 2. The Bertz CT molecular complexity index is 509. The van der Waals surface area contributed by atoms with E-state index in [9.17, 15) is 0 Å². The molecule has 1 aromatic carbocycles. The van der Waals surface area contributed by atoms with Crippen LogP contribution in [-0.2, 0) is 6.42 Å². The van der Waals surface area contributed by atoms with Crippen LogP contribution in [0.25, 0.3) is 0 Å². The summed E-state index contributed by atoms with van der Waals surface area (Å²) < 4.78 is 5.43. The Morgan fingerprint density at radius 1 is 1.20 bits per heavy atom. The summed E-state index contributed by atoms with van der Waals surface area (Å²) in [5, 5.41) is 7.56. The smallest absolute Gasteiger partial charge is 0.231 e. The fourth-order valence-electron chi connectivity index (χ4n) is 2.41. The molecule has 2 rings (SSSR count). The number of likely N-dealkylation sites (N-methyl/N-ethyl adjacent to an activating group) is 1. The van der Waals surface area contributed by atoms with E-state index in [2.05, 4.69) is 48.4 Å². The van der Waals surface area contributed by atoms with Crippen molar-refractivity contribution in [3.63, 3.8) is 0 Å². The van der Waals surface area contributed by atoms with Gasteiger partial charge in [0.1, 0.15) is 0 Å². The van der Waals surface area contributed by atoms with Crippen LogP contribution in [0.2, 0.25) is 0 Å². The fraction of sp³-hybridized carbons (Fsp3) is 0.500. The third-order valence-electron chi connectivity index (χ3n) is 3.59. The monoisotopic (exact) mass is 273 g/mol. The van der Waals surface area contributed by atoms with Crippen molar-refractivity contribution >= 4 is 0 Å². The molecule has 4 nitrogen and oxygen atoms in total. The molecule has 0 spiro atoms. The predicted octanol–water partition coefficient (Wildman–Crippen LogP) is 3.15. The lowest BCUT2D eigenvalue weighted by molar-refractivity contribution is 0.319. The molecule has 0 radical (unpaired) electrons. The molecule has 2 unspecified atom stereocenters. The van der Waals surface area contributed by atoms with Gasteiger partial charge in [-0.15, -0.1) is 0 Å². The van der Waals surface area contributed by atoms with E-state index < -0.39 is 0 Å². The zero-order valence-corrected chi connectivity index (χ0v) is 12.5. The van der Waals surface area contributed by atoms with Crippen LogP contribution in [0, 0.1) is 0 Å². The van der Waals surface area contributed by atoms with Gasteiger partial charge in [0.25, 0.3) is 0 Å². The Hall–Kier alpha value is -1.68. The van der Waals surface area contributed by atoms with Crippen LogP contribution in [-0.4, -0.2) is 22.7 Å². The minimum Gasteiger partial charge on any atom is -0.339 e. The lowest BCUT2D eigenvalue weighted by atomic mass is 9.99. The first kappa shape index (κ1) is 14.7. The number of hydrogen-bond acceptors (Lipinski definition) is 4. The third kappa shape index (κ3) is 3.67. The number of rotatable bonds is 7. The summed E-state index contributed by atoms with van der Waals surface area (Å²) in [4.78, 5) is 4.54. The molecule has 1 heterocycles. The van der Waals surface area contributed by atoms with E-state index >= 15 is 0 Å². The number of nitrogens with one attached hydrogen (secondary N) is 1. The van der Waals surface area contributed by atoms with Gasteiger partial charge < -0.3 is 9.84 Å².